The van der Waals surface area contributed by atoms with Gasteiger partial charge in [-0.1, -0.05) is 0 Å². The highest BCUT2D eigenvalue weighted by atomic mass is 19.1. The first-order valence-corrected chi connectivity index (χ1v) is 13.4. The maximum atomic E-state index is 13.3. The van der Waals surface area contributed by atoms with Crippen LogP contribution in [0.4, 0.5) is 14.5 Å². The Morgan fingerprint density at radius 2 is 1.39 bits per heavy atom. The number of β-amino-alcohol motifs (C(OH)–C–C–N with tert-alkyl or cyclic N) is 1. The summed E-state index contributed by atoms with van der Waals surface area (Å²) in [5.74, 6) is -8.33. The van der Waals surface area contributed by atoms with Crippen molar-refractivity contribution in [3.8, 4) is 5.75 Å². The molecule has 1 saturated heterocycles. The summed E-state index contributed by atoms with van der Waals surface area (Å²) < 4.78 is 31.9. The Morgan fingerprint density at radius 1 is 0.848 bits per heavy atom. The third-order valence-corrected chi connectivity index (χ3v) is 6.40. The molecule has 1 amide bonds. The summed E-state index contributed by atoms with van der Waals surface area (Å²) >= 11 is 0. The molecule has 6 N–H and O–H groups in total. The maximum Gasteiger partial charge on any atom is 0.414 e. The van der Waals surface area contributed by atoms with Gasteiger partial charge in [-0.25, -0.2) is 28.0 Å². The van der Waals surface area contributed by atoms with Crippen molar-refractivity contribution in [2.45, 2.75) is 12.5 Å². The van der Waals surface area contributed by atoms with Crippen LogP contribution in [0, 0.1) is 11.6 Å². The lowest BCUT2D eigenvalue weighted by atomic mass is 10.0. The van der Waals surface area contributed by atoms with Crippen molar-refractivity contribution in [1.29, 1.82) is 0 Å². The van der Waals surface area contributed by atoms with E-state index in [0.29, 0.717) is 18.8 Å². The second-order valence-corrected chi connectivity index (χ2v) is 9.62. The third-order valence-electron chi connectivity index (χ3n) is 6.40. The summed E-state index contributed by atoms with van der Waals surface area (Å²) in [5, 5.41) is 43.9. The van der Waals surface area contributed by atoms with Gasteiger partial charge in [-0.05, 0) is 42.0 Å². The lowest BCUT2D eigenvalue weighted by Gasteiger charge is -2.35. The first-order chi connectivity index (χ1) is 21.7. The van der Waals surface area contributed by atoms with Gasteiger partial charge in [0.05, 0.1) is 18.7 Å². The van der Waals surface area contributed by atoms with Crippen molar-refractivity contribution < 1.29 is 63.0 Å². The number of halogens is 2. The van der Waals surface area contributed by atoms with E-state index in [1.165, 1.54) is 0 Å². The number of methoxy groups -OCH3 is 1. The molecule has 1 aliphatic heterocycles. The molecule has 1 aromatic heterocycles. The van der Waals surface area contributed by atoms with Crippen molar-refractivity contribution in [3.05, 3.63) is 65.9 Å². The Labute approximate surface area is 260 Å². The highest BCUT2D eigenvalue weighted by molar-refractivity contribution is 6.27. The van der Waals surface area contributed by atoms with Crippen LogP contribution >= 0.6 is 0 Å². The van der Waals surface area contributed by atoms with Crippen LogP contribution in [0.5, 0.6) is 5.75 Å². The van der Waals surface area contributed by atoms with Gasteiger partial charge in [-0.15, -0.1) is 0 Å². The van der Waals surface area contributed by atoms with Gasteiger partial charge in [0.1, 0.15) is 17.4 Å². The number of carboxylic acid groups (broad SMARTS) is 4. The largest absolute Gasteiger partial charge is 0.497 e. The molecule has 46 heavy (non-hydrogen) atoms. The number of anilines is 1. The fourth-order valence-corrected chi connectivity index (χ4v) is 4.21. The number of hydrogen-bond donors (Lipinski definition) is 6. The fraction of sp³-hybridized carbons (Fsp3) is 0.310. The molecule has 1 fully saturated rings. The molecular weight excluding hydrogens is 618 g/mol. The van der Waals surface area contributed by atoms with Crippen LogP contribution in [-0.2, 0) is 24.0 Å². The van der Waals surface area contributed by atoms with Gasteiger partial charge in [0.25, 0.3) is 0 Å². The number of aliphatic carboxylic acids is 4. The number of amides is 1. The number of piperazine rings is 1. The summed E-state index contributed by atoms with van der Waals surface area (Å²) in [5.41, 5.74) is 1.74. The fourth-order valence-electron chi connectivity index (χ4n) is 4.21. The molecule has 2 heterocycles. The lowest BCUT2D eigenvalue weighted by Crippen LogP contribution is -2.48. The Hall–Kier alpha value is -5.26. The second kappa shape index (κ2) is 17.9. The molecule has 0 aliphatic carbocycles. The molecule has 0 saturated carbocycles. The molecule has 1 atom stereocenters. The Morgan fingerprint density at radius 3 is 1.91 bits per heavy atom. The third kappa shape index (κ3) is 12.4. The van der Waals surface area contributed by atoms with Gasteiger partial charge >= 0.3 is 23.9 Å². The van der Waals surface area contributed by atoms with E-state index in [1.807, 2.05) is 24.3 Å². The average molecular weight is 651 g/mol. The Balaban J connectivity index is 0.000000522. The van der Waals surface area contributed by atoms with Crippen molar-refractivity contribution in [2.24, 2.45) is 0 Å². The number of carboxylic acids is 4. The quantitative estimate of drug-likeness (QED) is 0.190. The van der Waals surface area contributed by atoms with Gasteiger partial charge < -0.3 is 40.5 Å². The smallest absolute Gasteiger partial charge is 0.414 e. The Kier molecular flexibility index (Phi) is 14.4. The topological polar surface area (TPSA) is 227 Å². The van der Waals surface area contributed by atoms with Crippen molar-refractivity contribution in [1.82, 2.24) is 14.8 Å². The molecule has 1 aliphatic rings. The molecule has 0 unspecified atom stereocenters. The van der Waals surface area contributed by atoms with Gasteiger partial charge in [0, 0.05) is 69.0 Å². The molecule has 2 aromatic carbocycles. The minimum absolute atomic E-state index is 0.113. The van der Waals surface area contributed by atoms with E-state index in [4.69, 9.17) is 44.3 Å². The normalized spacial score (nSPS) is 13.7. The maximum absolute atomic E-state index is 13.3. The van der Waals surface area contributed by atoms with E-state index in [1.54, 1.807) is 13.3 Å². The number of nitrogens with one attached hydrogen (secondary N) is 1. The van der Waals surface area contributed by atoms with Gasteiger partial charge in [0.15, 0.2) is 0 Å². The van der Waals surface area contributed by atoms with E-state index in [2.05, 4.69) is 20.1 Å². The summed E-state index contributed by atoms with van der Waals surface area (Å²) in [6.45, 7) is 4.10. The molecule has 15 nitrogen and oxygen atoms in total. The van der Waals surface area contributed by atoms with E-state index in [9.17, 15) is 18.7 Å². The SMILES string of the molecule is COc1ccc2nccc([C@@H](O)CN3CCN(CCC(=O)Nc4cc(F)cc(F)c4)CC3)c2c1.O=C(O)C(=O)O.O=C(O)C(=O)O. The zero-order valence-corrected chi connectivity index (χ0v) is 24.4. The minimum Gasteiger partial charge on any atom is -0.497 e. The van der Waals surface area contributed by atoms with Crippen LogP contribution in [0.3, 0.4) is 0 Å². The number of nitrogens with zero attached hydrogens (tertiary/aromatic N) is 3. The number of rotatable bonds is 8. The number of fused-ring (bicyclic) bond motifs is 1. The molecule has 3 aromatic rings. The number of aliphatic hydroxyl groups excluding tert-OH is 1. The minimum atomic E-state index is -1.82. The van der Waals surface area contributed by atoms with Crippen molar-refractivity contribution in [2.75, 3.05) is 51.7 Å². The zero-order chi connectivity index (χ0) is 34.4. The van der Waals surface area contributed by atoms with E-state index in [-0.39, 0.29) is 18.0 Å². The predicted molar refractivity (Wildman–Crippen MR) is 156 cm³/mol. The lowest BCUT2D eigenvalue weighted by molar-refractivity contribution is -0.159. The standard InChI is InChI=1S/C25H28F2N4O3.2C2H2O4/c1-34-20-2-3-23-22(15-20)21(4-6-28-23)24(32)16-31-10-8-30(9-11-31)7-5-25(33)29-19-13-17(26)12-18(27)14-19;2*3-1(4)2(5)6/h2-4,6,12-15,24,32H,5,7-11,16H2,1H3,(H,29,33);2*(H,3,4)(H,5,6)/t24-;;/m0../s1. The van der Waals surface area contributed by atoms with Crippen molar-refractivity contribution >= 4 is 46.4 Å². The van der Waals surface area contributed by atoms with Gasteiger partial charge in [-0.2, -0.15) is 0 Å². The average Bonchev–Trinajstić information content (AvgIpc) is 3.00. The molecule has 4 rings (SSSR count). The first-order valence-electron chi connectivity index (χ1n) is 13.4. The monoisotopic (exact) mass is 650 g/mol. The van der Waals surface area contributed by atoms with Crippen LogP contribution in [-0.4, -0.2) is 116 Å². The number of carbonyl (C=O) groups excluding carboxylic acids is 1. The number of aliphatic hydroxyl groups is 1. The summed E-state index contributed by atoms with van der Waals surface area (Å²) in [7, 11) is 1.61. The van der Waals surface area contributed by atoms with E-state index < -0.39 is 41.6 Å². The number of benzene rings is 2. The van der Waals surface area contributed by atoms with Gasteiger partial charge in [0.2, 0.25) is 5.91 Å². The number of pyridine rings is 1. The number of hydrogen-bond acceptors (Lipinski definition) is 10. The summed E-state index contributed by atoms with van der Waals surface area (Å²) in [6.07, 6.45) is 1.27. The van der Waals surface area contributed by atoms with Gasteiger partial charge in [-0.3, -0.25) is 14.7 Å². The van der Waals surface area contributed by atoms with Crippen LogP contribution < -0.4 is 10.1 Å². The molecule has 0 spiro atoms. The molecule has 0 radical (unpaired) electrons. The highest BCUT2D eigenvalue weighted by Gasteiger charge is 2.22. The van der Waals surface area contributed by atoms with Crippen LogP contribution in [0.25, 0.3) is 10.9 Å². The van der Waals surface area contributed by atoms with Crippen molar-refractivity contribution in [3.63, 3.8) is 0 Å². The molecular formula is C29H32F2N4O11. The van der Waals surface area contributed by atoms with Crippen LogP contribution in [0.2, 0.25) is 0 Å². The zero-order valence-electron chi connectivity index (χ0n) is 24.4. The molecule has 248 valence electrons. The number of aromatic nitrogens is 1. The molecule has 17 heteroatoms. The first kappa shape index (κ1) is 36.9. The van der Waals surface area contributed by atoms with E-state index in [0.717, 1.165) is 60.8 Å². The molecule has 0 bridgehead atoms. The summed E-state index contributed by atoms with van der Waals surface area (Å²) in [6, 6.07) is 10.4. The van der Waals surface area contributed by atoms with E-state index >= 15 is 0 Å². The predicted octanol–water partition coefficient (Wildman–Crippen LogP) is 1.51. The highest BCUT2D eigenvalue weighted by Crippen LogP contribution is 2.27. The number of ether oxygens (including phenoxy) is 1. The summed E-state index contributed by atoms with van der Waals surface area (Å²) in [4.78, 5) is 57.3. The Bertz CT molecular complexity index is 1480. The van der Waals surface area contributed by atoms with Crippen LogP contribution in [0.1, 0.15) is 18.1 Å². The number of carbonyl (C=O) groups is 5. The second-order valence-electron chi connectivity index (χ2n) is 9.62. The van der Waals surface area contributed by atoms with Crippen LogP contribution in [0.15, 0.2) is 48.7 Å².